The standard InChI is InChI=1S/C27H20Cl3N3O5/c28-14-8-17(22(30)18(29)9-14)23-20-21(25(35)33(24(20)34)12-15-4-3-7-38-15)27(32-23,26(36)37)10-13-11-31-19-6-2-1-5-16(13)19/h1-9,11,20-21,23,31-32H,10,12H2,(H,36,37). The number of aromatic amines is 1. The highest BCUT2D eigenvalue weighted by molar-refractivity contribution is 6.43. The fraction of sp³-hybridized carbons (Fsp3) is 0.222. The van der Waals surface area contributed by atoms with E-state index in [9.17, 15) is 19.5 Å². The number of nitrogens with one attached hydrogen (secondary N) is 2. The Morgan fingerprint density at radius 2 is 1.87 bits per heavy atom. The molecule has 11 heteroatoms. The lowest BCUT2D eigenvalue weighted by Crippen LogP contribution is -2.57. The molecule has 4 atom stereocenters. The number of carbonyl (C=O) groups excluding carboxylic acids is 2. The highest BCUT2D eigenvalue weighted by Gasteiger charge is 2.68. The van der Waals surface area contributed by atoms with E-state index in [2.05, 4.69) is 10.3 Å². The summed E-state index contributed by atoms with van der Waals surface area (Å²) in [5.74, 6) is -4.27. The molecule has 6 rings (SSSR count). The maximum Gasteiger partial charge on any atom is 0.325 e. The smallest absolute Gasteiger partial charge is 0.325 e. The molecular formula is C27H20Cl3N3O5. The zero-order valence-electron chi connectivity index (χ0n) is 19.6. The normalized spacial score (nSPS) is 24.9. The van der Waals surface area contributed by atoms with Gasteiger partial charge in [0.2, 0.25) is 11.8 Å². The number of aliphatic carboxylic acids is 1. The molecule has 0 radical (unpaired) electrons. The van der Waals surface area contributed by atoms with E-state index in [1.165, 1.54) is 12.3 Å². The monoisotopic (exact) mass is 571 g/mol. The Kier molecular flexibility index (Phi) is 6.03. The maximum atomic E-state index is 13.9. The molecule has 38 heavy (non-hydrogen) atoms. The van der Waals surface area contributed by atoms with Crippen LogP contribution in [0.5, 0.6) is 0 Å². The van der Waals surface area contributed by atoms with Crippen molar-refractivity contribution in [1.82, 2.24) is 15.2 Å². The second kappa shape index (κ2) is 9.17. The van der Waals surface area contributed by atoms with Crippen molar-refractivity contribution >= 4 is 63.5 Å². The predicted molar refractivity (Wildman–Crippen MR) is 141 cm³/mol. The number of para-hydroxylation sites is 1. The molecule has 194 valence electrons. The van der Waals surface area contributed by atoms with Gasteiger partial charge in [0.25, 0.3) is 0 Å². The number of hydrogen-bond acceptors (Lipinski definition) is 5. The van der Waals surface area contributed by atoms with Crippen LogP contribution in [0.15, 0.2) is 65.4 Å². The van der Waals surface area contributed by atoms with Crippen molar-refractivity contribution in [3.63, 3.8) is 0 Å². The van der Waals surface area contributed by atoms with Crippen LogP contribution in [0.4, 0.5) is 0 Å². The molecular weight excluding hydrogens is 553 g/mol. The van der Waals surface area contributed by atoms with Gasteiger partial charge >= 0.3 is 5.97 Å². The number of rotatable bonds is 6. The van der Waals surface area contributed by atoms with Crippen LogP contribution in [0.1, 0.15) is 22.9 Å². The minimum absolute atomic E-state index is 0.0659. The van der Waals surface area contributed by atoms with Gasteiger partial charge in [0.1, 0.15) is 11.3 Å². The largest absolute Gasteiger partial charge is 0.480 e. The van der Waals surface area contributed by atoms with Crippen molar-refractivity contribution in [2.24, 2.45) is 11.8 Å². The van der Waals surface area contributed by atoms with Crippen LogP contribution < -0.4 is 5.32 Å². The van der Waals surface area contributed by atoms with Crippen LogP contribution in [0, 0.1) is 11.8 Å². The average molecular weight is 573 g/mol. The number of amides is 2. The highest BCUT2D eigenvalue weighted by Crippen LogP contribution is 2.52. The zero-order chi connectivity index (χ0) is 26.8. The topological polar surface area (TPSA) is 116 Å². The Morgan fingerprint density at radius 1 is 1.08 bits per heavy atom. The SMILES string of the molecule is O=C1C2C(c3cc(Cl)cc(Cl)c3Cl)NC(Cc3c[nH]c4ccccc34)(C(=O)O)C2C(=O)N1Cc1ccco1. The van der Waals surface area contributed by atoms with Crippen molar-refractivity contribution in [3.05, 3.63) is 92.9 Å². The number of imide groups is 1. The summed E-state index contributed by atoms with van der Waals surface area (Å²) < 4.78 is 5.37. The molecule has 4 aromatic rings. The minimum Gasteiger partial charge on any atom is -0.480 e. The molecule has 2 aromatic heterocycles. The van der Waals surface area contributed by atoms with Gasteiger partial charge in [-0.15, -0.1) is 0 Å². The Hall–Kier alpha value is -3.30. The van der Waals surface area contributed by atoms with Gasteiger partial charge in [0, 0.05) is 34.6 Å². The number of carboxylic acids is 1. The second-order valence-electron chi connectivity index (χ2n) is 9.57. The van der Waals surface area contributed by atoms with E-state index >= 15 is 0 Å². The molecule has 0 aliphatic carbocycles. The van der Waals surface area contributed by atoms with Crippen LogP contribution in [-0.2, 0) is 27.3 Å². The summed E-state index contributed by atoms with van der Waals surface area (Å²) in [5, 5.41) is 15.2. The van der Waals surface area contributed by atoms with Crippen LogP contribution in [0.2, 0.25) is 15.1 Å². The number of halogens is 3. The molecule has 4 unspecified atom stereocenters. The van der Waals surface area contributed by atoms with Gasteiger partial charge in [-0.1, -0.05) is 53.0 Å². The molecule has 4 heterocycles. The van der Waals surface area contributed by atoms with Crippen LogP contribution in [0.3, 0.4) is 0 Å². The quantitative estimate of drug-likeness (QED) is 0.215. The number of fused-ring (bicyclic) bond motifs is 2. The zero-order valence-corrected chi connectivity index (χ0v) is 21.8. The first-order valence-corrected chi connectivity index (χ1v) is 12.9. The number of aromatic nitrogens is 1. The van der Waals surface area contributed by atoms with Crippen LogP contribution in [-0.4, -0.2) is 38.3 Å². The Morgan fingerprint density at radius 3 is 2.61 bits per heavy atom. The first-order valence-electron chi connectivity index (χ1n) is 11.8. The molecule has 2 fully saturated rings. The summed E-state index contributed by atoms with van der Waals surface area (Å²) in [6.45, 7) is -0.114. The number of carbonyl (C=O) groups is 3. The lowest BCUT2D eigenvalue weighted by atomic mass is 9.76. The Balaban J connectivity index is 1.51. The van der Waals surface area contributed by atoms with E-state index in [4.69, 9.17) is 39.2 Å². The van der Waals surface area contributed by atoms with Crippen molar-refractivity contribution in [2.75, 3.05) is 0 Å². The molecule has 2 aliphatic rings. The number of H-pyrrole nitrogens is 1. The number of likely N-dealkylation sites (tertiary alicyclic amines) is 1. The summed E-state index contributed by atoms with van der Waals surface area (Å²) in [4.78, 5) is 45.1. The van der Waals surface area contributed by atoms with E-state index in [0.717, 1.165) is 15.8 Å². The van der Waals surface area contributed by atoms with Crippen LogP contribution >= 0.6 is 34.8 Å². The van der Waals surface area contributed by atoms with Gasteiger partial charge in [0.15, 0.2) is 0 Å². The number of hydrogen-bond donors (Lipinski definition) is 3. The first kappa shape index (κ1) is 25.0. The van der Waals surface area contributed by atoms with E-state index in [1.54, 1.807) is 24.4 Å². The number of nitrogens with zero attached hydrogens (tertiary/aromatic N) is 1. The van der Waals surface area contributed by atoms with E-state index in [1.807, 2.05) is 24.3 Å². The van der Waals surface area contributed by atoms with Gasteiger partial charge in [-0.3, -0.25) is 24.6 Å². The van der Waals surface area contributed by atoms with E-state index in [-0.39, 0.29) is 28.0 Å². The third kappa shape index (κ3) is 3.74. The molecule has 2 aliphatic heterocycles. The Bertz CT molecular complexity index is 1600. The summed E-state index contributed by atoms with van der Waals surface area (Å²) in [7, 11) is 0. The number of furan rings is 1. The molecule has 8 nitrogen and oxygen atoms in total. The molecule has 2 amide bonds. The van der Waals surface area contributed by atoms with Gasteiger partial charge in [0.05, 0.1) is 34.7 Å². The summed E-state index contributed by atoms with van der Waals surface area (Å²) in [5.41, 5.74) is 0.0347. The van der Waals surface area contributed by atoms with Crippen LogP contribution in [0.25, 0.3) is 10.9 Å². The van der Waals surface area contributed by atoms with Gasteiger partial charge < -0.3 is 14.5 Å². The van der Waals surface area contributed by atoms with Crippen molar-refractivity contribution < 1.29 is 23.9 Å². The Labute approximate surface area is 231 Å². The predicted octanol–water partition coefficient (Wildman–Crippen LogP) is 5.23. The first-order chi connectivity index (χ1) is 18.2. The van der Waals surface area contributed by atoms with Gasteiger partial charge in [-0.25, -0.2) is 0 Å². The molecule has 0 saturated carbocycles. The lowest BCUT2D eigenvalue weighted by Gasteiger charge is -2.31. The van der Waals surface area contributed by atoms with Crippen molar-refractivity contribution in [3.8, 4) is 0 Å². The van der Waals surface area contributed by atoms with Gasteiger partial charge in [-0.2, -0.15) is 0 Å². The van der Waals surface area contributed by atoms with E-state index in [0.29, 0.717) is 16.9 Å². The molecule has 0 bridgehead atoms. The lowest BCUT2D eigenvalue weighted by molar-refractivity contribution is -0.151. The fourth-order valence-corrected chi connectivity index (χ4v) is 6.60. The van der Waals surface area contributed by atoms with Crippen molar-refractivity contribution in [2.45, 2.75) is 24.5 Å². The summed E-state index contributed by atoms with van der Waals surface area (Å²) >= 11 is 19.1. The van der Waals surface area contributed by atoms with Crippen molar-refractivity contribution in [1.29, 1.82) is 0 Å². The third-order valence-corrected chi connectivity index (χ3v) is 8.56. The molecule has 2 aromatic carbocycles. The minimum atomic E-state index is -1.83. The second-order valence-corrected chi connectivity index (χ2v) is 10.8. The third-order valence-electron chi connectivity index (χ3n) is 7.52. The summed E-state index contributed by atoms with van der Waals surface area (Å²) in [6, 6.07) is 12.8. The van der Waals surface area contributed by atoms with E-state index < -0.39 is 41.2 Å². The number of carboxylic acid groups (broad SMARTS) is 1. The molecule has 3 N–H and O–H groups in total. The average Bonchev–Trinajstić information content (AvgIpc) is 3.66. The number of benzene rings is 2. The maximum absolute atomic E-state index is 13.9. The van der Waals surface area contributed by atoms with Gasteiger partial charge in [-0.05, 0) is 41.5 Å². The fourth-order valence-electron chi connectivity index (χ4n) is 5.86. The molecule has 2 saturated heterocycles. The highest BCUT2D eigenvalue weighted by atomic mass is 35.5. The summed E-state index contributed by atoms with van der Waals surface area (Å²) in [6.07, 6.45) is 3.10. The molecule has 0 spiro atoms.